The van der Waals surface area contributed by atoms with Crippen LogP contribution < -0.4 is 10.6 Å². The summed E-state index contributed by atoms with van der Waals surface area (Å²) in [5, 5.41) is 6.31. The predicted octanol–water partition coefficient (Wildman–Crippen LogP) is 2.89. The molecule has 0 aliphatic carbocycles. The average Bonchev–Trinajstić information content (AvgIpc) is 3.00. The first kappa shape index (κ1) is 15.8. The number of rotatable bonds is 6. The van der Waals surface area contributed by atoms with Crippen LogP contribution in [-0.2, 0) is 6.54 Å². The van der Waals surface area contributed by atoms with Crippen LogP contribution in [0.5, 0.6) is 0 Å². The standard InChI is InChI=1S/C17H22N4O/c1-4-10-19-17(18-5-2)20-11-15-12-22-16(21-15)14-8-6-13(3)7-9-14/h4,6-9,12H,1,5,10-11H2,2-3H3,(H2,18,19,20). The number of aromatic nitrogens is 1. The largest absolute Gasteiger partial charge is 0.444 e. The topological polar surface area (TPSA) is 62.5 Å². The van der Waals surface area contributed by atoms with Gasteiger partial charge in [-0.15, -0.1) is 6.58 Å². The van der Waals surface area contributed by atoms with Gasteiger partial charge in [-0.3, -0.25) is 0 Å². The van der Waals surface area contributed by atoms with Crippen molar-refractivity contribution < 1.29 is 4.42 Å². The van der Waals surface area contributed by atoms with Gasteiger partial charge in [-0.1, -0.05) is 23.8 Å². The van der Waals surface area contributed by atoms with E-state index >= 15 is 0 Å². The van der Waals surface area contributed by atoms with E-state index < -0.39 is 0 Å². The van der Waals surface area contributed by atoms with E-state index in [1.807, 2.05) is 31.2 Å². The maximum Gasteiger partial charge on any atom is 0.226 e. The van der Waals surface area contributed by atoms with Gasteiger partial charge in [-0.25, -0.2) is 9.98 Å². The minimum absolute atomic E-state index is 0.460. The Kier molecular flexibility index (Phi) is 5.77. The molecule has 0 fully saturated rings. The zero-order chi connectivity index (χ0) is 15.8. The SMILES string of the molecule is C=CCNC(=NCc1coc(-c2ccc(C)cc2)n1)NCC. The number of nitrogens with one attached hydrogen (secondary N) is 2. The summed E-state index contributed by atoms with van der Waals surface area (Å²) in [6.07, 6.45) is 3.44. The Labute approximate surface area is 131 Å². The van der Waals surface area contributed by atoms with Crippen LogP contribution in [-0.4, -0.2) is 24.0 Å². The van der Waals surface area contributed by atoms with Crippen LogP contribution in [0, 0.1) is 6.92 Å². The third-order valence-corrected chi connectivity index (χ3v) is 3.01. The van der Waals surface area contributed by atoms with Crippen LogP contribution in [0.3, 0.4) is 0 Å². The van der Waals surface area contributed by atoms with Crippen LogP contribution in [0.25, 0.3) is 11.5 Å². The molecular formula is C17H22N4O. The Hall–Kier alpha value is -2.56. The highest BCUT2D eigenvalue weighted by Crippen LogP contribution is 2.19. The zero-order valence-corrected chi connectivity index (χ0v) is 13.1. The second-order valence-corrected chi connectivity index (χ2v) is 4.87. The number of nitrogens with zero attached hydrogens (tertiary/aromatic N) is 2. The molecule has 5 nitrogen and oxygen atoms in total. The van der Waals surface area contributed by atoms with Crippen molar-refractivity contribution in [2.75, 3.05) is 13.1 Å². The normalized spacial score (nSPS) is 11.3. The minimum Gasteiger partial charge on any atom is -0.444 e. The summed E-state index contributed by atoms with van der Waals surface area (Å²) < 4.78 is 5.53. The number of hydrogen-bond donors (Lipinski definition) is 2. The molecular weight excluding hydrogens is 276 g/mol. The third-order valence-electron chi connectivity index (χ3n) is 3.01. The molecule has 1 aromatic carbocycles. The number of aliphatic imine (C=N–C) groups is 1. The van der Waals surface area contributed by atoms with Crippen molar-refractivity contribution >= 4 is 5.96 Å². The van der Waals surface area contributed by atoms with Gasteiger partial charge in [0.25, 0.3) is 0 Å². The Bertz CT molecular complexity index is 628. The number of benzene rings is 1. The Balaban J connectivity index is 2.04. The lowest BCUT2D eigenvalue weighted by molar-refractivity contribution is 0.572. The van der Waals surface area contributed by atoms with Crippen molar-refractivity contribution in [3.63, 3.8) is 0 Å². The van der Waals surface area contributed by atoms with Gasteiger partial charge in [-0.05, 0) is 26.0 Å². The molecule has 1 aromatic heterocycles. The van der Waals surface area contributed by atoms with E-state index in [2.05, 4.69) is 34.1 Å². The Morgan fingerprint density at radius 3 is 2.77 bits per heavy atom. The van der Waals surface area contributed by atoms with Crippen molar-refractivity contribution in [1.29, 1.82) is 0 Å². The molecule has 2 N–H and O–H groups in total. The lowest BCUT2D eigenvalue weighted by Crippen LogP contribution is -2.37. The highest BCUT2D eigenvalue weighted by atomic mass is 16.3. The molecule has 116 valence electrons. The summed E-state index contributed by atoms with van der Waals surface area (Å²) >= 11 is 0. The van der Waals surface area contributed by atoms with E-state index in [1.165, 1.54) is 5.56 Å². The summed E-state index contributed by atoms with van der Waals surface area (Å²) in [6, 6.07) is 8.09. The fourth-order valence-electron chi connectivity index (χ4n) is 1.88. The van der Waals surface area contributed by atoms with Crippen molar-refractivity contribution in [2.45, 2.75) is 20.4 Å². The molecule has 2 aromatic rings. The predicted molar refractivity (Wildman–Crippen MR) is 89.7 cm³/mol. The lowest BCUT2D eigenvalue weighted by atomic mass is 10.1. The van der Waals surface area contributed by atoms with E-state index in [0.29, 0.717) is 19.0 Å². The van der Waals surface area contributed by atoms with Gasteiger partial charge in [0.2, 0.25) is 5.89 Å². The molecule has 0 atom stereocenters. The summed E-state index contributed by atoms with van der Waals surface area (Å²) in [4.78, 5) is 8.94. The monoisotopic (exact) mass is 298 g/mol. The van der Waals surface area contributed by atoms with Crippen molar-refractivity contribution in [3.8, 4) is 11.5 Å². The molecule has 2 rings (SSSR count). The molecule has 0 spiro atoms. The maximum absolute atomic E-state index is 5.53. The van der Waals surface area contributed by atoms with Crippen LogP contribution in [0.4, 0.5) is 0 Å². The molecule has 0 amide bonds. The number of aryl methyl sites for hydroxylation is 1. The quantitative estimate of drug-likeness (QED) is 0.489. The molecule has 0 aliphatic rings. The molecule has 1 heterocycles. The van der Waals surface area contributed by atoms with E-state index in [0.717, 1.165) is 23.8 Å². The smallest absolute Gasteiger partial charge is 0.226 e. The third kappa shape index (κ3) is 4.48. The molecule has 0 radical (unpaired) electrons. The average molecular weight is 298 g/mol. The molecule has 0 bridgehead atoms. The highest BCUT2D eigenvalue weighted by Gasteiger charge is 2.06. The van der Waals surface area contributed by atoms with Crippen molar-refractivity contribution in [2.24, 2.45) is 4.99 Å². The summed E-state index contributed by atoms with van der Waals surface area (Å²) in [7, 11) is 0. The van der Waals surface area contributed by atoms with Gasteiger partial charge in [0.1, 0.15) is 12.0 Å². The number of guanidine groups is 1. The highest BCUT2D eigenvalue weighted by molar-refractivity contribution is 5.79. The number of oxazole rings is 1. The molecule has 5 heteroatoms. The first-order valence-corrected chi connectivity index (χ1v) is 7.37. The molecule has 0 saturated heterocycles. The summed E-state index contributed by atoms with van der Waals surface area (Å²) in [6.45, 7) is 9.69. The van der Waals surface area contributed by atoms with E-state index in [-0.39, 0.29) is 0 Å². The molecule has 0 unspecified atom stereocenters. The molecule has 0 aliphatic heterocycles. The van der Waals surface area contributed by atoms with Crippen molar-refractivity contribution in [1.82, 2.24) is 15.6 Å². The van der Waals surface area contributed by atoms with Crippen molar-refractivity contribution in [3.05, 3.63) is 54.4 Å². The van der Waals surface area contributed by atoms with Crippen LogP contribution in [0.2, 0.25) is 0 Å². The second kappa shape index (κ2) is 8.02. The van der Waals surface area contributed by atoms with Crippen LogP contribution in [0.1, 0.15) is 18.2 Å². The van der Waals surface area contributed by atoms with Gasteiger partial charge in [0, 0.05) is 18.7 Å². The van der Waals surface area contributed by atoms with Crippen LogP contribution >= 0.6 is 0 Å². The summed E-state index contributed by atoms with van der Waals surface area (Å²) in [5.41, 5.74) is 2.98. The Morgan fingerprint density at radius 1 is 1.32 bits per heavy atom. The van der Waals surface area contributed by atoms with Gasteiger partial charge < -0.3 is 15.1 Å². The fourth-order valence-corrected chi connectivity index (χ4v) is 1.88. The minimum atomic E-state index is 0.460. The second-order valence-electron chi connectivity index (χ2n) is 4.87. The molecule has 0 saturated carbocycles. The van der Waals surface area contributed by atoms with Gasteiger partial charge in [0.15, 0.2) is 5.96 Å². The first-order valence-electron chi connectivity index (χ1n) is 7.37. The van der Waals surface area contributed by atoms with Gasteiger partial charge in [0.05, 0.1) is 6.54 Å². The maximum atomic E-state index is 5.53. The van der Waals surface area contributed by atoms with Crippen LogP contribution in [0.15, 0.2) is 52.6 Å². The zero-order valence-electron chi connectivity index (χ0n) is 13.1. The Morgan fingerprint density at radius 2 is 2.09 bits per heavy atom. The van der Waals surface area contributed by atoms with E-state index in [1.54, 1.807) is 12.3 Å². The van der Waals surface area contributed by atoms with E-state index in [4.69, 9.17) is 4.42 Å². The summed E-state index contributed by atoms with van der Waals surface area (Å²) in [5.74, 6) is 1.36. The fraction of sp³-hybridized carbons (Fsp3) is 0.294. The van der Waals surface area contributed by atoms with E-state index in [9.17, 15) is 0 Å². The molecule has 22 heavy (non-hydrogen) atoms. The first-order chi connectivity index (χ1) is 10.7. The van der Waals surface area contributed by atoms with Gasteiger partial charge in [-0.2, -0.15) is 0 Å². The number of hydrogen-bond acceptors (Lipinski definition) is 3. The van der Waals surface area contributed by atoms with Gasteiger partial charge >= 0.3 is 0 Å². The lowest BCUT2D eigenvalue weighted by Gasteiger charge is -2.08.